The van der Waals surface area contributed by atoms with E-state index in [1.165, 1.54) is 0 Å². The zero-order valence-electron chi connectivity index (χ0n) is 19.9. The number of carbonyl (C=O) groups excluding carboxylic acids is 2. The van der Waals surface area contributed by atoms with Crippen molar-refractivity contribution >= 4 is 17.6 Å². The molecule has 6 nitrogen and oxygen atoms in total. The topological polar surface area (TPSA) is 73.9 Å². The van der Waals surface area contributed by atoms with Crippen LogP contribution in [0.5, 0.6) is 17.2 Å². The maximum atomic E-state index is 12.8. The Morgan fingerprint density at radius 2 is 1.28 bits per heavy atom. The minimum absolute atomic E-state index is 0.284. The van der Waals surface area contributed by atoms with Crippen LogP contribution in [0.15, 0.2) is 109 Å². The first kappa shape index (κ1) is 24.5. The predicted molar refractivity (Wildman–Crippen MR) is 138 cm³/mol. The van der Waals surface area contributed by atoms with Gasteiger partial charge in [-0.1, -0.05) is 79.7 Å². The van der Waals surface area contributed by atoms with Crippen LogP contribution in [0.1, 0.15) is 22.8 Å². The van der Waals surface area contributed by atoms with Gasteiger partial charge < -0.3 is 19.5 Å². The molecule has 4 aromatic carbocycles. The standard InChI is InChI=1S/C30H27NO5/c1-22(20-31-25-16-8-9-17-26(25)35-30(33)24-14-6-3-7-15-24)29(32)36-28-19-11-10-18-27(28)34-21-23-12-4-2-5-13-23/h2-19,22,31H,20-21H2,1H3. The Morgan fingerprint density at radius 3 is 2.00 bits per heavy atom. The van der Waals surface area contributed by atoms with Gasteiger partial charge in [0.15, 0.2) is 17.2 Å². The van der Waals surface area contributed by atoms with Crippen molar-refractivity contribution in [2.45, 2.75) is 13.5 Å². The quantitative estimate of drug-likeness (QED) is 0.217. The molecule has 0 saturated carbocycles. The van der Waals surface area contributed by atoms with Crippen LogP contribution in [0.2, 0.25) is 0 Å². The van der Waals surface area contributed by atoms with Gasteiger partial charge in [-0.25, -0.2) is 4.79 Å². The van der Waals surface area contributed by atoms with Gasteiger partial charge in [-0.3, -0.25) is 4.79 Å². The Balaban J connectivity index is 1.34. The van der Waals surface area contributed by atoms with Crippen LogP contribution in [-0.4, -0.2) is 18.5 Å². The highest BCUT2D eigenvalue weighted by molar-refractivity contribution is 5.91. The number of nitrogens with one attached hydrogen (secondary N) is 1. The first-order valence-corrected chi connectivity index (χ1v) is 11.7. The lowest BCUT2D eigenvalue weighted by Crippen LogP contribution is -2.25. The molecule has 36 heavy (non-hydrogen) atoms. The first-order valence-electron chi connectivity index (χ1n) is 11.7. The highest BCUT2D eigenvalue weighted by Crippen LogP contribution is 2.29. The van der Waals surface area contributed by atoms with Gasteiger partial charge in [0.1, 0.15) is 6.61 Å². The van der Waals surface area contributed by atoms with Crippen LogP contribution in [0.4, 0.5) is 5.69 Å². The summed E-state index contributed by atoms with van der Waals surface area (Å²) in [4.78, 5) is 25.3. The lowest BCUT2D eigenvalue weighted by Gasteiger charge is -2.17. The first-order chi connectivity index (χ1) is 17.6. The van der Waals surface area contributed by atoms with Crippen molar-refractivity contribution < 1.29 is 23.8 Å². The van der Waals surface area contributed by atoms with Crippen molar-refractivity contribution in [2.75, 3.05) is 11.9 Å². The molecule has 4 aromatic rings. The zero-order valence-corrected chi connectivity index (χ0v) is 19.9. The minimum atomic E-state index is -0.481. The SMILES string of the molecule is CC(CNc1ccccc1OC(=O)c1ccccc1)C(=O)Oc1ccccc1OCc1ccccc1. The third kappa shape index (κ3) is 6.73. The second-order valence-electron chi connectivity index (χ2n) is 8.18. The van der Waals surface area contributed by atoms with Crippen molar-refractivity contribution in [1.29, 1.82) is 0 Å². The summed E-state index contributed by atoms with van der Waals surface area (Å²) in [5.74, 6) is -0.103. The number of para-hydroxylation sites is 4. The van der Waals surface area contributed by atoms with Gasteiger partial charge in [0, 0.05) is 6.54 Å². The van der Waals surface area contributed by atoms with E-state index in [4.69, 9.17) is 14.2 Å². The monoisotopic (exact) mass is 481 g/mol. The number of hydrogen-bond acceptors (Lipinski definition) is 6. The number of ether oxygens (including phenoxy) is 3. The second kappa shape index (κ2) is 12.2. The Hall–Kier alpha value is -4.58. The van der Waals surface area contributed by atoms with Gasteiger partial charge in [0.05, 0.1) is 17.2 Å². The van der Waals surface area contributed by atoms with Crippen LogP contribution >= 0.6 is 0 Å². The molecular weight excluding hydrogens is 454 g/mol. The molecule has 1 atom stereocenters. The van der Waals surface area contributed by atoms with Gasteiger partial charge >= 0.3 is 11.9 Å². The summed E-state index contributed by atoms with van der Waals surface area (Å²) < 4.78 is 17.1. The fourth-order valence-corrected chi connectivity index (χ4v) is 3.38. The molecule has 0 aliphatic heterocycles. The Labute approximate surface area is 210 Å². The normalized spacial score (nSPS) is 11.2. The summed E-state index contributed by atoms with van der Waals surface area (Å²) >= 11 is 0. The molecule has 182 valence electrons. The molecule has 0 heterocycles. The Morgan fingerprint density at radius 1 is 0.694 bits per heavy atom. The van der Waals surface area contributed by atoms with E-state index in [0.717, 1.165) is 5.56 Å². The van der Waals surface area contributed by atoms with Crippen LogP contribution in [0.25, 0.3) is 0 Å². The lowest BCUT2D eigenvalue weighted by molar-refractivity contribution is -0.138. The molecule has 0 fully saturated rings. The molecule has 4 rings (SSSR count). The van der Waals surface area contributed by atoms with Gasteiger partial charge in [0.25, 0.3) is 0 Å². The van der Waals surface area contributed by atoms with Crippen molar-refractivity contribution in [3.05, 3.63) is 120 Å². The average Bonchev–Trinajstić information content (AvgIpc) is 2.93. The summed E-state index contributed by atoms with van der Waals surface area (Å²) in [6.45, 7) is 2.41. The average molecular weight is 482 g/mol. The highest BCUT2D eigenvalue weighted by atomic mass is 16.6. The number of anilines is 1. The van der Waals surface area contributed by atoms with Crippen LogP contribution in [0.3, 0.4) is 0 Å². The van der Waals surface area contributed by atoms with Crippen molar-refractivity contribution in [1.82, 2.24) is 0 Å². The fraction of sp³-hybridized carbons (Fsp3) is 0.133. The third-order valence-electron chi connectivity index (χ3n) is 5.40. The summed E-state index contributed by atoms with van der Waals surface area (Å²) in [6.07, 6.45) is 0. The molecule has 6 heteroatoms. The zero-order chi connectivity index (χ0) is 25.2. The van der Waals surface area contributed by atoms with Crippen molar-refractivity contribution in [3.8, 4) is 17.2 Å². The summed E-state index contributed by atoms with van der Waals surface area (Å²) in [5.41, 5.74) is 2.08. The van der Waals surface area contributed by atoms with Gasteiger partial charge in [-0.15, -0.1) is 0 Å². The molecule has 0 spiro atoms. The fourth-order valence-electron chi connectivity index (χ4n) is 3.38. The molecule has 0 saturated heterocycles. The van der Waals surface area contributed by atoms with Gasteiger partial charge in [-0.2, -0.15) is 0 Å². The van der Waals surface area contributed by atoms with E-state index in [0.29, 0.717) is 35.1 Å². The van der Waals surface area contributed by atoms with E-state index in [1.54, 1.807) is 67.6 Å². The van der Waals surface area contributed by atoms with Crippen LogP contribution in [0, 0.1) is 5.92 Å². The van der Waals surface area contributed by atoms with E-state index < -0.39 is 17.9 Å². The van der Waals surface area contributed by atoms with Gasteiger partial charge in [-0.05, 0) is 42.0 Å². The Kier molecular flexibility index (Phi) is 8.33. The molecule has 0 amide bonds. The van der Waals surface area contributed by atoms with E-state index in [9.17, 15) is 9.59 Å². The van der Waals surface area contributed by atoms with Crippen molar-refractivity contribution in [2.24, 2.45) is 5.92 Å². The predicted octanol–water partition coefficient (Wildman–Crippen LogP) is 6.14. The largest absolute Gasteiger partial charge is 0.485 e. The van der Waals surface area contributed by atoms with E-state index in [-0.39, 0.29) is 6.54 Å². The van der Waals surface area contributed by atoms with E-state index in [2.05, 4.69) is 5.32 Å². The summed E-state index contributed by atoms with van der Waals surface area (Å²) in [6, 6.07) is 32.7. The maximum Gasteiger partial charge on any atom is 0.343 e. The molecule has 1 unspecified atom stereocenters. The Bertz CT molecular complexity index is 1290. The molecule has 0 aromatic heterocycles. The lowest BCUT2D eigenvalue weighted by atomic mass is 10.1. The van der Waals surface area contributed by atoms with E-state index in [1.807, 2.05) is 48.5 Å². The molecule has 0 aliphatic rings. The van der Waals surface area contributed by atoms with Gasteiger partial charge in [0.2, 0.25) is 0 Å². The van der Waals surface area contributed by atoms with E-state index >= 15 is 0 Å². The molecule has 0 bridgehead atoms. The number of esters is 2. The number of benzene rings is 4. The smallest absolute Gasteiger partial charge is 0.343 e. The molecule has 0 aliphatic carbocycles. The van der Waals surface area contributed by atoms with Crippen molar-refractivity contribution in [3.63, 3.8) is 0 Å². The number of hydrogen-bond donors (Lipinski definition) is 1. The molecule has 0 radical (unpaired) electrons. The third-order valence-corrected chi connectivity index (χ3v) is 5.40. The molecule has 1 N–H and O–H groups in total. The highest BCUT2D eigenvalue weighted by Gasteiger charge is 2.19. The second-order valence-corrected chi connectivity index (χ2v) is 8.18. The number of rotatable bonds is 10. The van der Waals surface area contributed by atoms with Crippen LogP contribution in [-0.2, 0) is 11.4 Å². The number of carbonyl (C=O) groups is 2. The minimum Gasteiger partial charge on any atom is -0.485 e. The summed E-state index contributed by atoms with van der Waals surface area (Å²) in [7, 11) is 0. The molecular formula is C30H27NO5. The maximum absolute atomic E-state index is 12.8. The van der Waals surface area contributed by atoms with Crippen LogP contribution < -0.4 is 19.5 Å². The summed E-state index contributed by atoms with van der Waals surface area (Å²) in [5, 5.41) is 3.19.